The second kappa shape index (κ2) is 9.11. The van der Waals surface area contributed by atoms with Gasteiger partial charge in [-0.25, -0.2) is 8.42 Å². The van der Waals surface area contributed by atoms with Crippen molar-refractivity contribution in [2.24, 2.45) is 10.2 Å². The van der Waals surface area contributed by atoms with Crippen molar-refractivity contribution in [1.82, 2.24) is 0 Å². The molecule has 0 unspecified atom stereocenters. The molecule has 2 aromatic carbocycles. The van der Waals surface area contributed by atoms with E-state index in [1.165, 1.54) is 24.3 Å². The third kappa shape index (κ3) is 6.38. The van der Waals surface area contributed by atoms with Gasteiger partial charge in [0.1, 0.15) is 10.1 Å². The molecule has 0 saturated heterocycles. The van der Waals surface area contributed by atoms with Crippen molar-refractivity contribution >= 4 is 27.2 Å². The van der Waals surface area contributed by atoms with Crippen LogP contribution in [0.1, 0.15) is 0 Å². The topological polar surface area (TPSA) is 117 Å². The van der Waals surface area contributed by atoms with Crippen molar-refractivity contribution in [2.45, 2.75) is 4.90 Å². The van der Waals surface area contributed by atoms with Crippen LogP contribution in [0.2, 0.25) is 0 Å². The van der Waals surface area contributed by atoms with E-state index in [-0.39, 0.29) is 39.9 Å². The summed E-state index contributed by atoms with van der Waals surface area (Å²) in [6.07, 6.45) is 0. The van der Waals surface area contributed by atoms with Crippen LogP contribution in [0.25, 0.3) is 0 Å². The van der Waals surface area contributed by atoms with Gasteiger partial charge in [-0.15, -0.1) is 0 Å². The van der Waals surface area contributed by atoms with Gasteiger partial charge in [-0.2, -0.15) is 10.2 Å². The summed E-state index contributed by atoms with van der Waals surface area (Å²) in [5.74, 6) is 0. The Bertz CT molecular complexity index is 745. The molecule has 0 aromatic heterocycles. The Labute approximate surface area is 157 Å². The quantitative estimate of drug-likeness (QED) is 0.412. The first-order chi connectivity index (χ1) is 9.86. The summed E-state index contributed by atoms with van der Waals surface area (Å²) >= 11 is 0. The van der Waals surface area contributed by atoms with Crippen molar-refractivity contribution in [2.75, 3.05) is 19.0 Å². The van der Waals surface area contributed by atoms with E-state index < -0.39 is 10.1 Å². The summed E-state index contributed by atoms with van der Waals surface area (Å²) in [7, 11) is -0.533. The molecule has 118 valence electrons. The van der Waals surface area contributed by atoms with E-state index in [0.717, 1.165) is 5.69 Å². The number of hydrogen-bond donors (Lipinski definition) is 0. The van der Waals surface area contributed by atoms with E-state index >= 15 is 0 Å². The monoisotopic (exact) mass is 345 g/mol. The number of hydrogen-bond acceptors (Lipinski definition) is 6. The molecule has 0 aliphatic heterocycles. The fourth-order valence-corrected chi connectivity index (χ4v) is 2.08. The van der Waals surface area contributed by atoms with Crippen LogP contribution >= 0.6 is 0 Å². The first kappa shape index (κ1) is 21.7. The molecule has 0 bridgehead atoms. The first-order valence-corrected chi connectivity index (χ1v) is 7.52. The van der Waals surface area contributed by atoms with Crippen molar-refractivity contribution in [1.29, 1.82) is 0 Å². The summed E-state index contributed by atoms with van der Waals surface area (Å²) in [5, 5.41) is 8.04. The predicted octanol–water partition coefficient (Wildman–Crippen LogP) is -0.749. The van der Waals surface area contributed by atoms with Crippen molar-refractivity contribution in [3.63, 3.8) is 0 Å². The minimum absolute atomic E-state index is 0. The third-order valence-corrected chi connectivity index (χ3v) is 3.62. The Morgan fingerprint density at radius 2 is 1.26 bits per heavy atom. The molecule has 0 heterocycles. The fraction of sp³-hybridized carbons (Fsp3) is 0.143. The van der Waals surface area contributed by atoms with Gasteiger partial charge in [-0.3, -0.25) is 0 Å². The number of azo groups is 1. The van der Waals surface area contributed by atoms with E-state index in [2.05, 4.69) is 10.2 Å². The van der Waals surface area contributed by atoms with E-state index in [0.29, 0.717) is 11.4 Å². The zero-order valence-electron chi connectivity index (χ0n) is 13.1. The minimum Gasteiger partial charge on any atom is -0.744 e. The first-order valence-electron chi connectivity index (χ1n) is 6.11. The second-order valence-corrected chi connectivity index (χ2v) is 5.94. The van der Waals surface area contributed by atoms with Gasteiger partial charge in [0.25, 0.3) is 0 Å². The molecule has 2 aromatic rings. The molecule has 0 atom stereocenters. The molecular formula is C14H16N3NaO4S. The SMILES string of the molecule is CN(C)c1ccc(N=Nc2ccc(S(=O)(=O)[O-])cc2)cc1.O.[Na+]. The Kier molecular flexibility index (Phi) is 8.60. The zero-order valence-corrected chi connectivity index (χ0v) is 15.9. The molecule has 2 rings (SSSR count). The Morgan fingerprint density at radius 1 is 0.870 bits per heavy atom. The van der Waals surface area contributed by atoms with Crippen LogP contribution in [0.15, 0.2) is 63.7 Å². The van der Waals surface area contributed by atoms with E-state index in [4.69, 9.17) is 0 Å². The summed E-state index contributed by atoms with van der Waals surface area (Å²) in [4.78, 5) is 1.69. The second-order valence-electron chi connectivity index (χ2n) is 4.56. The van der Waals surface area contributed by atoms with Crippen LogP contribution in [-0.4, -0.2) is 32.5 Å². The standard InChI is InChI=1S/C14H15N3O3S.Na.H2O/c1-17(2)13-7-3-11(4-8-13)15-16-12-5-9-14(10-6-12)21(18,19)20;;/h3-10H,1-2H3,(H,18,19,20);;1H2/q;+1;/p-1. The normalized spacial score (nSPS) is 10.7. The maximum absolute atomic E-state index is 10.8. The van der Waals surface area contributed by atoms with Crippen LogP contribution in [0, 0.1) is 0 Å². The molecule has 0 aliphatic carbocycles. The Morgan fingerprint density at radius 3 is 1.61 bits per heavy atom. The Balaban J connectivity index is 0.00000242. The molecule has 23 heavy (non-hydrogen) atoms. The minimum atomic E-state index is -4.43. The zero-order chi connectivity index (χ0) is 15.5. The van der Waals surface area contributed by atoms with Gasteiger partial charge in [0, 0.05) is 19.8 Å². The van der Waals surface area contributed by atoms with Crippen LogP contribution in [0.3, 0.4) is 0 Å². The van der Waals surface area contributed by atoms with Gasteiger partial charge in [0.2, 0.25) is 0 Å². The molecule has 0 radical (unpaired) electrons. The molecule has 0 spiro atoms. The molecule has 7 nitrogen and oxygen atoms in total. The van der Waals surface area contributed by atoms with E-state index in [9.17, 15) is 13.0 Å². The smallest absolute Gasteiger partial charge is 0.744 e. The molecule has 0 amide bonds. The van der Waals surface area contributed by atoms with Gasteiger partial charge >= 0.3 is 29.6 Å². The average molecular weight is 345 g/mol. The third-order valence-electron chi connectivity index (χ3n) is 2.77. The summed E-state index contributed by atoms with van der Waals surface area (Å²) < 4.78 is 32.4. The van der Waals surface area contributed by atoms with Crippen LogP contribution in [0.5, 0.6) is 0 Å². The van der Waals surface area contributed by atoms with Crippen LogP contribution in [-0.2, 0) is 10.1 Å². The van der Waals surface area contributed by atoms with Crippen molar-refractivity contribution < 1.29 is 48.0 Å². The van der Waals surface area contributed by atoms with Gasteiger partial charge < -0.3 is 14.9 Å². The van der Waals surface area contributed by atoms with E-state index in [1.54, 1.807) is 0 Å². The number of anilines is 1. The van der Waals surface area contributed by atoms with Crippen LogP contribution < -0.4 is 34.5 Å². The molecule has 0 saturated carbocycles. The molecule has 0 fully saturated rings. The van der Waals surface area contributed by atoms with Gasteiger partial charge in [-0.1, -0.05) is 0 Å². The number of rotatable bonds is 4. The maximum atomic E-state index is 10.8. The summed E-state index contributed by atoms with van der Waals surface area (Å²) in [6.45, 7) is 0. The molecular weight excluding hydrogens is 329 g/mol. The number of nitrogens with zero attached hydrogens (tertiary/aromatic N) is 3. The predicted molar refractivity (Wildman–Crippen MR) is 83.0 cm³/mol. The van der Waals surface area contributed by atoms with E-state index in [1.807, 2.05) is 43.3 Å². The number of benzene rings is 2. The van der Waals surface area contributed by atoms with Gasteiger partial charge in [0.15, 0.2) is 0 Å². The van der Waals surface area contributed by atoms with Gasteiger partial charge in [0.05, 0.1) is 16.3 Å². The Hall–Kier alpha value is -1.29. The largest absolute Gasteiger partial charge is 1.00 e. The molecule has 0 aliphatic rings. The molecule has 9 heteroatoms. The van der Waals surface area contributed by atoms with Crippen molar-refractivity contribution in [3.05, 3.63) is 48.5 Å². The molecule has 2 N–H and O–H groups in total. The summed E-state index contributed by atoms with van der Waals surface area (Å²) in [6, 6.07) is 12.8. The average Bonchev–Trinajstić information content (AvgIpc) is 2.45. The van der Waals surface area contributed by atoms with Gasteiger partial charge in [-0.05, 0) is 48.5 Å². The summed E-state index contributed by atoms with van der Waals surface area (Å²) in [5.41, 5.74) is 2.21. The maximum Gasteiger partial charge on any atom is 1.00 e. The van der Waals surface area contributed by atoms with Crippen molar-refractivity contribution in [3.8, 4) is 0 Å². The fourth-order valence-electron chi connectivity index (χ4n) is 1.61. The van der Waals surface area contributed by atoms with Crippen LogP contribution in [0.4, 0.5) is 17.1 Å².